The summed E-state index contributed by atoms with van der Waals surface area (Å²) >= 11 is 0. The lowest BCUT2D eigenvalue weighted by atomic mass is 10.0. The van der Waals surface area contributed by atoms with Crippen molar-refractivity contribution in [2.45, 2.75) is 19.1 Å². The second-order valence-electron chi connectivity index (χ2n) is 3.79. The molecule has 0 saturated carbocycles. The van der Waals surface area contributed by atoms with Crippen LogP contribution in [0.3, 0.4) is 0 Å². The lowest BCUT2D eigenvalue weighted by Crippen LogP contribution is -2.34. The fourth-order valence-corrected chi connectivity index (χ4v) is 1.77. The minimum absolute atomic E-state index is 0.200. The number of cyclic esters (lactones) is 1. The molecule has 1 N–H and O–H groups in total. The van der Waals surface area contributed by atoms with Crippen LogP contribution in [-0.4, -0.2) is 24.7 Å². The smallest absolute Gasteiger partial charge is 0.407 e. The molecule has 5 nitrogen and oxygen atoms in total. The molecule has 1 aliphatic rings. The van der Waals surface area contributed by atoms with Crippen molar-refractivity contribution in [3.8, 4) is 0 Å². The van der Waals surface area contributed by atoms with Crippen molar-refractivity contribution < 1.29 is 19.1 Å². The van der Waals surface area contributed by atoms with Gasteiger partial charge in [-0.15, -0.1) is 0 Å². The van der Waals surface area contributed by atoms with Gasteiger partial charge in [0, 0.05) is 6.92 Å². The summed E-state index contributed by atoms with van der Waals surface area (Å²) in [7, 11) is 0. The zero-order chi connectivity index (χ0) is 12.3. The number of esters is 1. The monoisotopic (exact) mass is 235 g/mol. The van der Waals surface area contributed by atoms with Gasteiger partial charge in [-0.25, -0.2) is 4.79 Å². The zero-order valence-electron chi connectivity index (χ0n) is 9.38. The molecule has 2 atom stereocenters. The van der Waals surface area contributed by atoms with Crippen molar-refractivity contribution >= 4 is 12.1 Å². The number of alkyl carbamates (subject to hydrolysis) is 1. The van der Waals surface area contributed by atoms with Gasteiger partial charge < -0.3 is 14.8 Å². The van der Waals surface area contributed by atoms with E-state index in [0.29, 0.717) is 0 Å². The summed E-state index contributed by atoms with van der Waals surface area (Å²) in [6.07, 6.45) is -0.997. The van der Waals surface area contributed by atoms with E-state index >= 15 is 0 Å². The summed E-state index contributed by atoms with van der Waals surface area (Å²) in [6.45, 7) is 1.54. The molecule has 1 fully saturated rings. The van der Waals surface area contributed by atoms with Crippen molar-refractivity contribution in [1.29, 1.82) is 0 Å². The lowest BCUT2D eigenvalue weighted by Gasteiger charge is -2.21. The molecule has 0 aliphatic carbocycles. The molecule has 5 heteroatoms. The predicted octanol–water partition coefficient (Wildman–Crippen LogP) is 1.40. The Labute approximate surface area is 98.7 Å². The van der Waals surface area contributed by atoms with Gasteiger partial charge in [0.25, 0.3) is 0 Å². The van der Waals surface area contributed by atoms with E-state index in [1.807, 2.05) is 30.3 Å². The van der Waals surface area contributed by atoms with Gasteiger partial charge in [-0.1, -0.05) is 30.3 Å². The Kier molecular flexibility index (Phi) is 3.27. The summed E-state index contributed by atoms with van der Waals surface area (Å²) in [5, 5.41) is 2.62. The molecule has 1 saturated heterocycles. The highest BCUT2D eigenvalue weighted by molar-refractivity contribution is 5.70. The van der Waals surface area contributed by atoms with Crippen LogP contribution in [0, 0.1) is 0 Å². The first-order valence-electron chi connectivity index (χ1n) is 5.32. The van der Waals surface area contributed by atoms with Crippen LogP contribution in [0.4, 0.5) is 4.79 Å². The van der Waals surface area contributed by atoms with Gasteiger partial charge in [-0.3, -0.25) is 4.79 Å². The molecular weight excluding hydrogens is 222 g/mol. The average Bonchev–Trinajstić information content (AvgIpc) is 2.73. The molecule has 0 unspecified atom stereocenters. The first-order valence-corrected chi connectivity index (χ1v) is 5.32. The second kappa shape index (κ2) is 4.86. The van der Waals surface area contributed by atoms with E-state index in [1.54, 1.807) is 0 Å². The van der Waals surface area contributed by atoms with E-state index in [4.69, 9.17) is 9.47 Å². The summed E-state index contributed by atoms with van der Waals surface area (Å²) in [5.41, 5.74) is 0.832. The van der Waals surface area contributed by atoms with Crippen LogP contribution >= 0.6 is 0 Å². The summed E-state index contributed by atoms with van der Waals surface area (Å²) in [6, 6.07) is 8.93. The number of benzene rings is 1. The zero-order valence-corrected chi connectivity index (χ0v) is 9.38. The summed E-state index contributed by atoms with van der Waals surface area (Å²) < 4.78 is 10.0. The molecule has 1 aromatic carbocycles. The molecule has 0 spiro atoms. The van der Waals surface area contributed by atoms with E-state index in [9.17, 15) is 9.59 Å². The number of hydrogen-bond acceptors (Lipinski definition) is 4. The van der Waals surface area contributed by atoms with Crippen molar-refractivity contribution in [3.05, 3.63) is 35.9 Å². The first-order chi connectivity index (χ1) is 8.16. The average molecular weight is 235 g/mol. The van der Waals surface area contributed by atoms with Gasteiger partial charge in [0.2, 0.25) is 0 Å². The maximum Gasteiger partial charge on any atom is 0.407 e. The number of nitrogens with one attached hydrogen (secondary N) is 1. The van der Waals surface area contributed by atoms with Gasteiger partial charge in [0.05, 0.1) is 0 Å². The Bertz CT molecular complexity index is 418. The third-order valence-electron chi connectivity index (χ3n) is 2.48. The van der Waals surface area contributed by atoms with Crippen LogP contribution in [0.1, 0.15) is 18.6 Å². The molecule has 1 aliphatic heterocycles. The molecule has 2 rings (SSSR count). The largest absolute Gasteiger partial charge is 0.455 e. The van der Waals surface area contributed by atoms with Crippen LogP contribution in [0.25, 0.3) is 0 Å². The standard InChI is InChI=1S/C12H13NO4/c1-8(14)17-11(9-5-3-2-4-6-9)10-7-16-12(15)13-10/h2-6,10-11H,7H2,1H3,(H,13,15)/t10-,11+/m1/s1. The molecule has 1 amide bonds. The van der Waals surface area contributed by atoms with Crippen LogP contribution in [0.2, 0.25) is 0 Å². The fraction of sp³-hybridized carbons (Fsp3) is 0.333. The van der Waals surface area contributed by atoms with Gasteiger partial charge in [0.15, 0.2) is 6.10 Å². The minimum atomic E-state index is -0.514. The molecule has 0 radical (unpaired) electrons. The van der Waals surface area contributed by atoms with E-state index in [1.165, 1.54) is 6.92 Å². The van der Waals surface area contributed by atoms with Crippen molar-refractivity contribution in [3.63, 3.8) is 0 Å². The lowest BCUT2D eigenvalue weighted by molar-refractivity contribution is -0.148. The Morgan fingerprint density at radius 1 is 1.47 bits per heavy atom. The van der Waals surface area contributed by atoms with Crippen LogP contribution in [0.15, 0.2) is 30.3 Å². The highest BCUT2D eigenvalue weighted by Crippen LogP contribution is 2.24. The molecular formula is C12H13NO4. The normalized spacial score (nSPS) is 20.3. The molecule has 0 aromatic heterocycles. The number of ether oxygens (including phenoxy) is 2. The summed E-state index contributed by atoms with van der Waals surface area (Å²) in [4.78, 5) is 22.1. The van der Waals surface area contributed by atoms with E-state index in [2.05, 4.69) is 5.32 Å². The van der Waals surface area contributed by atoms with Gasteiger partial charge in [-0.2, -0.15) is 0 Å². The topological polar surface area (TPSA) is 64.6 Å². The molecule has 17 heavy (non-hydrogen) atoms. The molecule has 90 valence electrons. The third-order valence-corrected chi connectivity index (χ3v) is 2.48. The van der Waals surface area contributed by atoms with Gasteiger partial charge >= 0.3 is 12.1 Å². The summed E-state index contributed by atoms with van der Waals surface area (Å²) in [5.74, 6) is -0.389. The second-order valence-corrected chi connectivity index (χ2v) is 3.79. The molecule has 0 bridgehead atoms. The van der Waals surface area contributed by atoms with Crippen molar-refractivity contribution in [2.24, 2.45) is 0 Å². The molecule has 1 heterocycles. The van der Waals surface area contributed by atoms with Crippen LogP contribution in [0.5, 0.6) is 0 Å². The maximum absolute atomic E-state index is 11.1. The number of amides is 1. The van der Waals surface area contributed by atoms with E-state index in [-0.39, 0.29) is 18.6 Å². The molecule has 1 aromatic rings. The maximum atomic E-state index is 11.1. The number of rotatable bonds is 3. The predicted molar refractivity (Wildman–Crippen MR) is 59.2 cm³/mol. The third kappa shape index (κ3) is 2.75. The Morgan fingerprint density at radius 2 is 2.18 bits per heavy atom. The van der Waals surface area contributed by atoms with E-state index in [0.717, 1.165) is 5.56 Å². The van der Waals surface area contributed by atoms with Crippen LogP contribution < -0.4 is 5.32 Å². The minimum Gasteiger partial charge on any atom is -0.455 e. The fourth-order valence-electron chi connectivity index (χ4n) is 1.77. The quantitative estimate of drug-likeness (QED) is 0.804. The van der Waals surface area contributed by atoms with Gasteiger partial charge in [-0.05, 0) is 5.56 Å². The highest BCUT2D eigenvalue weighted by atomic mass is 16.6. The van der Waals surface area contributed by atoms with Gasteiger partial charge in [0.1, 0.15) is 12.6 Å². The van der Waals surface area contributed by atoms with E-state index < -0.39 is 12.2 Å². The number of carbonyl (C=O) groups is 2. The Morgan fingerprint density at radius 3 is 2.71 bits per heavy atom. The number of carbonyl (C=O) groups excluding carboxylic acids is 2. The highest BCUT2D eigenvalue weighted by Gasteiger charge is 2.33. The van der Waals surface area contributed by atoms with Crippen molar-refractivity contribution in [1.82, 2.24) is 5.32 Å². The Hall–Kier alpha value is -2.04. The Balaban J connectivity index is 2.19. The first kappa shape index (κ1) is 11.4. The van der Waals surface area contributed by atoms with Crippen molar-refractivity contribution in [2.75, 3.05) is 6.61 Å². The SMILES string of the molecule is CC(=O)O[C@@H](c1ccccc1)[C@H]1COC(=O)N1. The van der Waals surface area contributed by atoms with Crippen LogP contribution in [-0.2, 0) is 14.3 Å². The number of hydrogen-bond donors (Lipinski definition) is 1.